The summed E-state index contributed by atoms with van der Waals surface area (Å²) in [5.74, 6) is -1.64. The third-order valence-corrected chi connectivity index (χ3v) is 5.87. The molecule has 0 radical (unpaired) electrons. The number of hydrogen-bond donors (Lipinski definition) is 3. The van der Waals surface area contributed by atoms with Gasteiger partial charge in [0.05, 0.1) is 16.8 Å². The summed E-state index contributed by atoms with van der Waals surface area (Å²) >= 11 is 0. The second-order valence-corrected chi connectivity index (χ2v) is 8.95. The van der Waals surface area contributed by atoms with Gasteiger partial charge in [0.1, 0.15) is 29.7 Å². The number of nitrogens with one attached hydrogen (secondary N) is 1. The van der Waals surface area contributed by atoms with Crippen LogP contribution in [0, 0.1) is 5.82 Å². The summed E-state index contributed by atoms with van der Waals surface area (Å²) in [5.41, 5.74) is -0.255. The van der Waals surface area contributed by atoms with Crippen LogP contribution in [0.15, 0.2) is 65.5 Å². The highest BCUT2D eigenvalue weighted by Gasteiger charge is 2.24. The molecule has 0 bridgehead atoms. The standard InChI is InChI=1S/C27H28FN5O5/c1-31(2)12-13-38-24-11-7-4-8-17(24)16-32(3)26(36)19-14-18(22(34)15-23(19)35)25-29-30-27(37)33(25)21-10-6-5-9-20(21)28/h4-11,14-15,34-35H,12-13,16H2,1-3H3,(H,30,37). The molecule has 0 fully saturated rings. The maximum absolute atomic E-state index is 14.5. The lowest BCUT2D eigenvalue weighted by Crippen LogP contribution is -2.27. The number of nitrogens with zero attached hydrogens (tertiary/aromatic N) is 4. The molecule has 38 heavy (non-hydrogen) atoms. The number of hydrogen-bond acceptors (Lipinski definition) is 7. The van der Waals surface area contributed by atoms with Crippen molar-refractivity contribution in [2.45, 2.75) is 6.54 Å². The Bertz CT molecular complexity index is 1510. The Labute approximate surface area is 218 Å². The number of phenolic OH excluding ortho intramolecular Hbond substituents is 2. The zero-order chi connectivity index (χ0) is 27.4. The number of phenols is 2. The van der Waals surface area contributed by atoms with Gasteiger partial charge in [-0.3, -0.25) is 4.79 Å². The highest BCUT2D eigenvalue weighted by molar-refractivity contribution is 5.98. The molecule has 3 N–H and O–H groups in total. The van der Waals surface area contributed by atoms with Crippen LogP contribution >= 0.6 is 0 Å². The van der Waals surface area contributed by atoms with Crippen molar-refractivity contribution in [3.05, 3.63) is 88.1 Å². The number of ether oxygens (including phenoxy) is 1. The van der Waals surface area contributed by atoms with E-state index < -0.39 is 28.9 Å². The van der Waals surface area contributed by atoms with Crippen LogP contribution < -0.4 is 10.4 Å². The molecule has 0 atom stereocenters. The van der Waals surface area contributed by atoms with Gasteiger partial charge >= 0.3 is 5.69 Å². The van der Waals surface area contributed by atoms with E-state index >= 15 is 0 Å². The number of halogens is 1. The van der Waals surface area contributed by atoms with Gasteiger partial charge in [-0.05, 0) is 38.4 Å². The molecule has 0 unspecified atom stereocenters. The van der Waals surface area contributed by atoms with Crippen LogP contribution in [0.4, 0.5) is 4.39 Å². The van der Waals surface area contributed by atoms with Crippen molar-refractivity contribution in [1.29, 1.82) is 0 Å². The van der Waals surface area contributed by atoms with Crippen LogP contribution in [0.1, 0.15) is 15.9 Å². The largest absolute Gasteiger partial charge is 0.507 e. The van der Waals surface area contributed by atoms with E-state index in [-0.39, 0.29) is 29.2 Å². The second kappa shape index (κ2) is 11.2. The van der Waals surface area contributed by atoms with E-state index in [9.17, 15) is 24.2 Å². The van der Waals surface area contributed by atoms with Crippen molar-refractivity contribution >= 4 is 5.91 Å². The molecule has 4 aromatic rings. The fraction of sp³-hybridized carbons (Fsp3) is 0.222. The summed E-state index contributed by atoms with van der Waals surface area (Å²) in [6.45, 7) is 1.37. The minimum absolute atomic E-state index is 0.0476. The van der Waals surface area contributed by atoms with E-state index in [2.05, 4.69) is 10.2 Å². The number of amides is 1. The number of para-hydroxylation sites is 2. The number of H-pyrrole nitrogens is 1. The van der Waals surface area contributed by atoms with E-state index in [4.69, 9.17) is 4.74 Å². The number of aromatic hydroxyl groups is 2. The summed E-state index contributed by atoms with van der Waals surface area (Å²) in [4.78, 5) is 29.2. The first-order chi connectivity index (χ1) is 18.2. The molecule has 10 nitrogen and oxygen atoms in total. The van der Waals surface area contributed by atoms with E-state index in [0.29, 0.717) is 12.4 Å². The number of carbonyl (C=O) groups excluding carboxylic acids is 1. The molecule has 0 saturated heterocycles. The number of rotatable bonds is 9. The highest BCUT2D eigenvalue weighted by Crippen LogP contribution is 2.35. The molecule has 1 amide bonds. The Morgan fingerprint density at radius 3 is 2.50 bits per heavy atom. The Hall–Kier alpha value is -4.64. The first-order valence-electron chi connectivity index (χ1n) is 11.8. The van der Waals surface area contributed by atoms with Crippen molar-refractivity contribution in [2.24, 2.45) is 0 Å². The zero-order valence-electron chi connectivity index (χ0n) is 21.2. The molecule has 0 aliphatic carbocycles. The van der Waals surface area contributed by atoms with Crippen molar-refractivity contribution in [3.8, 4) is 34.3 Å². The second-order valence-electron chi connectivity index (χ2n) is 8.95. The number of likely N-dealkylation sites (N-methyl/N-ethyl adjacent to an activating group) is 1. The minimum Gasteiger partial charge on any atom is -0.507 e. The maximum atomic E-state index is 14.5. The van der Waals surface area contributed by atoms with Crippen LogP contribution in [0.5, 0.6) is 17.2 Å². The average molecular weight is 522 g/mol. The zero-order valence-corrected chi connectivity index (χ0v) is 21.2. The van der Waals surface area contributed by atoms with Crippen molar-refractivity contribution in [2.75, 3.05) is 34.3 Å². The quantitative estimate of drug-likeness (QED) is 0.309. The third-order valence-electron chi connectivity index (χ3n) is 5.87. The maximum Gasteiger partial charge on any atom is 0.348 e. The summed E-state index contributed by atoms with van der Waals surface area (Å²) in [6, 6.07) is 15.1. The first kappa shape index (κ1) is 26.4. The normalized spacial score (nSPS) is 11.1. The SMILES string of the molecule is CN(C)CCOc1ccccc1CN(C)C(=O)c1cc(-c2n[nH]c(=O)n2-c2ccccc2F)c(O)cc1O. The smallest absolute Gasteiger partial charge is 0.348 e. The number of benzene rings is 3. The summed E-state index contributed by atoms with van der Waals surface area (Å²) < 4.78 is 21.3. The van der Waals surface area contributed by atoms with Gasteiger partial charge in [-0.1, -0.05) is 30.3 Å². The minimum atomic E-state index is -0.742. The number of aromatic amines is 1. The monoisotopic (exact) mass is 521 g/mol. The van der Waals surface area contributed by atoms with Crippen molar-refractivity contribution in [1.82, 2.24) is 24.6 Å². The van der Waals surface area contributed by atoms with Gasteiger partial charge in [0, 0.05) is 31.8 Å². The molecule has 198 valence electrons. The predicted molar refractivity (Wildman–Crippen MR) is 139 cm³/mol. The van der Waals surface area contributed by atoms with Gasteiger partial charge in [-0.25, -0.2) is 18.9 Å². The molecule has 0 saturated carbocycles. The lowest BCUT2D eigenvalue weighted by Gasteiger charge is -2.21. The Morgan fingerprint density at radius 2 is 1.76 bits per heavy atom. The summed E-state index contributed by atoms with van der Waals surface area (Å²) in [6.07, 6.45) is 0. The lowest BCUT2D eigenvalue weighted by atomic mass is 10.1. The van der Waals surface area contributed by atoms with Crippen LogP contribution in [-0.4, -0.2) is 75.0 Å². The van der Waals surface area contributed by atoms with E-state index in [1.807, 2.05) is 43.3 Å². The van der Waals surface area contributed by atoms with Gasteiger partial charge < -0.3 is 24.7 Å². The Kier molecular flexibility index (Phi) is 7.77. The Balaban J connectivity index is 1.65. The number of carbonyl (C=O) groups is 1. The van der Waals surface area contributed by atoms with Gasteiger partial charge in [-0.15, -0.1) is 0 Å². The van der Waals surface area contributed by atoms with Gasteiger partial charge in [0.2, 0.25) is 0 Å². The molecule has 3 aromatic carbocycles. The van der Waals surface area contributed by atoms with Gasteiger partial charge in [0.25, 0.3) is 5.91 Å². The predicted octanol–water partition coefficient (Wildman–Crippen LogP) is 2.99. The van der Waals surface area contributed by atoms with Crippen LogP contribution in [0.25, 0.3) is 17.1 Å². The summed E-state index contributed by atoms with van der Waals surface area (Å²) in [7, 11) is 5.45. The molecule has 0 aliphatic rings. The topological polar surface area (TPSA) is 124 Å². The van der Waals surface area contributed by atoms with Crippen molar-refractivity contribution in [3.63, 3.8) is 0 Å². The molecule has 11 heteroatoms. The van der Waals surface area contributed by atoms with Gasteiger partial charge in [0.15, 0.2) is 5.82 Å². The molecule has 1 aromatic heterocycles. The fourth-order valence-corrected chi connectivity index (χ4v) is 3.91. The van der Waals surface area contributed by atoms with Crippen LogP contribution in [0.2, 0.25) is 0 Å². The van der Waals surface area contributed by atoms with Crippen LogP contribution in [0.3, 0.4) is 0 Å². The third kappa shape index (κ3) is 5.52. The molecule has 0 spiro atoms. The molecular formula is C27H28FN5O5. The molecular weight excluding hydrogens is 493 g/mol. The van der Waals surface area contributed by atoms with E-state index in [1.54, 1.807) is 13.1 Å². The highest BCUT2D eigenvalue weighted by atomic mass is 19.1. The lowest BCUT2D eigenvalue weighted by molar-refractivity contribution is 0.0781. The van der Waals surface area contributed by atoms with E-state index in [1.165, 1.54) is 29.2 Å². The van der Waals surface area contributed by atoms with Crippen molar-refractivity contribution < 1.29 is 24.1 Å². The molecule has 4 rings (SSSR count). The van der Waals surface area contributed by atoms with Gasteiger partial charge in [-0.2, -0.15) is 5.10 Å². The Morgan fingerprint density at radius 1 is 1.05 bits per heavy atom. The number of aromatic nitrogens is 3. The first-order valence-corrected chi connectivity index (χ1v) is 11.8. The summed E-state index contributed by atoms with van der Waals surface area (Å²) in [5, 5.41) is 27.3. The van der Waals surface area contributed by atoms with Crippen LogP contribution in [-0.2, 0) is 6.54 Å². The fourth-order valence-electron chi connectivity index (χ4n) is 3.91. The average Bonchev–Trinajstić information content (AvgIpc) is 3.25. The van der Waals surface area contributed by atoms with E-state index in [0.717, 1.165) is 22.7 Å². The molecule has 0 aliphatic heterocycles. The molecule has 1 heterocycles.